The lowest BCUT2D eigenvalue weighted by atomic mass is 10.1. The first kappa shape index (κ1) is 15.7. The van der Waals surface area contributed by atoms with Crippen LogP contribution >= 0.6 is 0 Å². The summed E-state index contributed by atoms with van der Waals surface area (Å²) < 4.78 is 5.39. The van der Waals surface area contributed by atoms with Crippen LogP contribution in [0.4, 0.5) is 5.69 Å². The fourth-order valence-corrected chi connectivity index (χ4v) is 2.76. The summed E-state index contributed by atoms with van der Waals surface area (Å²) in [7, 11) is 0. The lowest BCUT2D eigenvalue weighted by molar-refractivity contribution is 0.0391. The number of amides is 1. The maximum Gasteiger partial charge on any atom is 0.258 e. The third-order valence-corrected chi connectivity index (χ3v) is 4.08. The normalized spacial score (nSPS) is 15.3. The number of para-hydroxylation sites is 1. The lowest BCUT2D eigenvalue weighted by Gasteiger charge is -2.30. The van der Waals surface area contributed by atoms with Crippen LogP contribution in [0.5, 0.6) is 0 Å². The van der Waals surface area contributed by atoms with Gasteiger partial charge in [0.15, 0.2) is 0 Å². The van der Waals surface area contributed by atoms with Gasteiger partial charge in [0.2, 0.25) is 0 Å². The largest absolute Gasteiger partial charge is 0.379 e. The molecule has 4 nitrogen and oxygen atoms in total. The molecule has 0 spiro atoms. The fraction of sp³-hybridized carbons (Fsp3) is 0.316. The van der Waals surface area contributed by atoms with Gasteiger partial charge in [-0.1, -0.05) is 36.4 Å². The molecular formula is C19H22N2O2. The Kier molecular flexibility index (Phi) is 5.40. The number of carbonyl (C=O) groups excluding carboxylic acids is 1. The number of hydrogen-bond donors (Lipinski definition) is 0. The fourth-order valence-electron chi connectivity index (χ4n) is 2.76. The minimum absolute atomic E-state index is 0.0464. The van der Waals surface area contributed by atoms with Gasteiger partial charge < -0.3 is 9.64 Å². The van der Waals surface area contributed by atoms with E-state index in [1.807, 2.05) is 65.6 Å². The Bertz CT molecular complexity index is 610. The number of nitrogens with zero attached hydrogens (tertiary/aromatic N) is 2. The van der Waals surface area contributed by atoms with Crippen molar-refractivity contribution in [2.24, 2.45) is 0 Å². The predicted molar refractivity (Wildman–Crippen MR) is 91.8 cm³/mol. The van der Waals surface area contributed by atoms with Crippen molar-refractivity contribution in [2.45, 2.75) is 0 Å². The minimum Gasteiger partial charge on any atom is -0.379 e. The molecule has 1 aliphatic rings. The van der Waals surface area contributed by atoms with Crippen LogP contribution in [-0.2, 0) is 4.74 Å². The van der Waals surface area contributed by atoms with Gasteiger partial charge in [0.1, 0.15) is 0 Å². The highest BCUT2D eigenvalue weighted by atomic mass is 16.5. The van der Waals surface area contributed by atoms with Crippen LogP contribution in [0.2, 0.25) is 0 Å². The Morgan fingerprint density at radius 2 is 1.57 bits per heavy atom. The molecule has 4 heteroatoms. The van der Waals surface area contributed by atoms with E-state index < -0.39 is 0 Å². The average Bonchev–Trinajstić information content (AvgIpc) is 2.64. The molecule has 0 atom stereocenters. The van der Waals surface area contributed by atoms with Crippen LogP contribution in [0.15, 0.2) is 60.7 Å². The molecule has 0 aromatic heterocycles. The molecule has 1 amide bonds. The predicted octanol–water partition coefficient (Wildman–Crippen LogP) is 2.67. The first-order valence-electron chi connectivity index (χ1n) is 8.06. The zero-order chi connectivity index (χ0) is 15.9. The van der Waals surface area contributed by atoms with E-state index in [1.165, 1.54) is 0 Å². The molecule has 23 heavy (non-hydrogen) atoms. The zero-order valence-corrected chi connectivity index (χ0v) is 13.2. The van der Waals surface area contributed by atoms with E-state index >= 15 is 0 Å². The van der Waals surface area contributed by atoms with Crippen molar-refractivity contribution < 1.29 is 9.53 Å². The van der Waals surface area contributed by atoms with Gasteiger partial charge >= 0.3 is 0 Å². The third kappa shape index (κ3) is 4.18. The second-order valence-corrected chi connectivity index (χ2v) is 5.61. The zero-order valence-electron chi connectivity index (χ0n) is 13.2. The summed E-state index contributed by atoms with van der Waals surface area (Å²) in [5.41, 5.74) is 1.66. The lowest BCUT2D eigenvalue weighted by Crippen LogP contribution is -2.43. The Morgan fingerprint density at radius 3 is 2.22 bits per heavy atom. The van der Waals surface area contributed by atoms with Crippen LogP contribution in [0.3, 0.4) is 0 Å². The molecule has 1 heterocycles. The summed E-state index contributed by atoms with van der Waals surface area (Å²) in [6.07, 6.45) is 0. The highest BCUT2D eigenvalue weighted by Crippen LogP contribution is 2.17. The molecule has 0 bridgehead atoms. The Hall–Kier alpha value is -2.17. The summed E-state index contributed by atoms with van der Waals surface area (Å²) in [6, 6.07) is 19.3. The summed E-state index contributed by atoms with van der Waals surface area (Å²) >= 11 is 0. The molecule has 0 N–H and O–H groups in total. The molecule has 1 fully saturated rings. The standard InChI is InChI=1S/C19H22N2O2/c22-19(17-7-3-1-4-8-17)21(18-9-5-2-6-10-18)12-11-20-13-15-23-16-14-20/h1-10H,11-16H2. The number of hydrogen-bond acceptors (Lipinski definition) is 3. The molecule has 2 aromatic carbocycles. The monoisotopic (exact) mass is 310 g/mol. The van der Waals surface area contributed by atoms with Gasteiger partial charge in [-0.25, -0.2) is 0 Å². The van der Waals surface area contributed by atoms with Crippen molar-refractivity contribution in [3.8, 4) is 0 Å². The van der Waals surface area contributed by atoms with Gasteiger partial charge in [0.25, 0.3) is 5.91 Å². The second-order valence-electron chi connectivity index (χ2n) is 5.61. The molecule has 1 saturated heterocycles. The van der Waals surface area contributed by atoms with Crippen molar-refractivity contribution in [3.63, 3.8) is 0 Å². The quantitative estimate of drug-likeness (QED) is 0.851. The van der Waals surface area contributed by atoms with Crippen LogP contribution in [0, 0.1) is 0 Å². The maximum absolute atomic E-state index is 12.9. The van der Waals surface area contributed by atoms with Crippen molar-refractivity contribution >= 4 is 11.6 Å². The number of morpholine rings is 1. The summed E-state index contributed by atoms with van der Waals surface area (Å²) in [4.78, 5) is 17.1. The smallest absolute Gasteiger partial charge is 0.258 e. The summed E-state index contributed by atoms with van der Waals surface area (Å²) in [6.45, 7) is 4.95. The first-order chi connectivity index (χ1) is 11.3. The van der Waals surface area contributed by atoms with E-state index in [0.717, 1.165) is 44.1 Å². The highest BCUT2D eigenvalue weighted by molar-refractivity contribution is 6.06. The topological polar surface area (TPSA) is 32.8 Å². The van der Waals surface area contributed by atoms with Gasteiger partial charge in [-0.15, -0.1) is 0 Å². The number of benzene rings is 2. The van der Waals surface area contributed by atoms with E-state index in [9.17, 15) is 4.79 Å². The highest BCUT2D eigenvalue weighted by Gasteiger charge is 2.19. The molecule has 3 rings (SSSR count). The van der Waals surface area contributed by atoms with Crippen LogP contribution in [0.25, 0.3) is 0 Å². The van der Waals surface area contributed by atoms with Gasteiger partial charge in [-0.05, 0) is 24.3 Å². The molecule has 0 aliphatic carbocycles. The Balaban J connectivity index is 1.75. The van der Waals surface area contributed by atoms with Crippen molar-refractivity contribution in [1.29, 1.82) is 0 Å². The Labute approximate surface area is 137 Å². The second kappa shape index (κ2) is 7.90. The molecule has 1 aliphatic heterocycles. The van der Waals surface area contributed by atoms with E-state index in [-0.39, 0.29) is 5.91 Å². The van der Waals surface area contributed by atoms with Gasteiger partial charge in [0.05, 0.1) is 13.2 Å². The number of carbonyl (C=O) groups is 1. The number of ether oxygens (including phenoxy) is 1. The summed E-state index contributed by atoms with van der Waals surface area (Å²) in [5, 5.41) is 0. The molecular weight excluding hydrogens is 288 g/mol. The van der Waals surface area contributed by atoms with Crippen LogP contribution in [0.1, 0.15) is 10.4 Å². The number of rotatable bonds is 5. The SMILES string of the molecule is O=C(c1ccccc1)N(CCN1CCOCC1)c1ccccc1. The van der Waals surface area contributed by atoms with Crippen molar-refractivity contribution in [2.75, 3.05) is 44.3 Å². The van der Waals surface area contributed by atoms with E-state index in [1.54, 1.807) is 0 Å². The molecule has 0 unspecified atom stereocenters. The maximum atomic E-state index is 12.9. The number of anilines is 1. The van der Waals surface area contributed by atoms with Crippen molar-refractivity contribution in [3.05, 3.63) is 66.2 Å². The van der Waals surface area contributed by atoms with Gasteiger partial charge in [-0.2, -0.15) is 0 Å². The summed E-state index contributed by atoms with van der Waals surface area (Å²) in [5.74, 6) is 0.0464. The van der Waals surface area contributed by atoms with E-state index in [4.69, 9.17) is 4.74 Å². The Morgan fingerprint density at radius 1 is 0.957 bits per heavy atom. The van der Waals surface area contributed by atoms with Crippen LogP contribution in [-0.4, -0.2) is 50.2 Å². The first-order valence-corrected chi connectivity index (χ1v) is 8.06. The van der Waals surface area contributed by atoms with Gasteiger partial charge in [-0.3, -0.25) is 9.69 Å². The van der Waals surface area contributed by atoms with Crippen molar-refractivity contribution in [1.82, 2.24) is 4.90 Å². The average molecular weight is 310 g/mol. The molecule has 2 aromatic rings. The van der Waals surface area contributed by atoms with E-state index in [2.05, 4.69) is 4.90 Å². The van der Waals surface area contributed by atoms with Crippen LogP contribution < -0.4 is 4.90 Å². The molecule has 0 saturated carbocycles. The minimum atomic E-state index is 0.0464. The molecule has 120 valence electrons. The molecule has 0 radical (unpaired) electrons. The van der Waals surface area contributed by atoms with Gasteiger partial charge in [0, 0.05) is 37.4 Å². The van der Waals surface area contributed by atoms with E-state index in [0.29, 0.717) is 6.54 Å². The third-order valence-electron chi connectivity index (χ3n) is 4.08.